The summed E-state index contributed by atoms with van der Waals surface area (Å²) in [7, 11) is 0. The molecule has 0 aromatic heterocycles. The predicted molar refractivity (Wildman–Crippen MR) is 12.9 cm³/mol. The minimum atomic E-state index is -2.00. The van der Waals surface area contributed by atoms with E-state index in [1.54, 1.807) is 0 Å². The van der Waals surface area contributed by atoms with Gasteiger partial charge in [-0.25, -0.2) is 0 Å². The van der Waals surface area contributed by atoms with Gasteiger partial charge in [-0.2, -0.15) is 0 Å². The normalized spacial score (nSPS) is 2.00. The Morgan fingerprint density at radius 3 is 1.25 bits per heavy atom. The van der Waals surface area contributed by atoms with Crippen LogP contribution in [0.5, 0.6) is 0 Å². The number of hydrogen-bond acceptors (Lipinski definition) is 2. The van der Waals surface area contributed by atoms with Crippen LogP contribution < -0.4 is 0 Å². The van der Waals surface area contributed by atoms with Crippen molar-refractivity contribution in [3.05, 3.63) is 0 Å². The molecule has 0 unspecified atom stereocenters. The van der Waals surface area contributed by atoms with E-state index in [4.69, 9.17) is 7.56 Å². The Balaban J connectivity index is 0. The van der Waals surface area contributed by atoms with E-state index in [0.29, 0.717) is 0 Å². The summed E-state index contributed by atoms with van der Waals surface area (Å²) in [5.41, 5.74) is 0. The van der Waals surface area contributed by atoms with Crippen LogP contribution >= 0.6 is 0 Å². The first-order valence-electron chi connectivity index (χ1n) is 0.408. The van der Waals surface area contributed by atoms with E-state index in [-0.39, 0.29) is 18.0 Å². The van der Waals surface area contributed by atoms with E-state index >= 15 is 0 Å². The minimum absolute atomic E-state index is 0. The molecule has 0 amide bonds. The van der Waals surface area contributed by atoms with Crippen LogP contribution in [-0.4, -0.2) is 33.3 Å². The van der Waals surface area contributed by atoms with Crippen molar-refractivity contribution in [3.63, 3.8) is 0 Å². The summed E-state index contributed by atoms with van der Waals surface area (Å²) in [6.45, 7) is 0. The Kier molecular flexibility index (Phi) is 20.6. The molecule has 0 atom stereocenters. The van der Waals surface area contributed by atoms with E-state index < -0.39 is 15.3 Å². The molecule has 0 N–H and O–H groups in total. The van der Waals surface area contributed by atoms with E-state index in [1.165, 1.54) is 0 Å². The molecule has 0 heterocycles. The Labute approximate surface area is 41.2 Å². The van der Waals surface area contributed by atoms with Gasteiger partial charge in [0.25, 0.3) is 0 Å². The summed E-state index contributed by atoms with van der Waals surface area (Å²) in [4.78, 5) is 0. The molecule has 0 saturated heterocycles. The zero-order valence-corrected chi connectivity index (χ0v) is 5.74. The van der Waals surface area contributed by atoms with Crippen molar-refractivity contribution in [1.29, 1.82) is 0 Å². The van der Waals surface area contributed by atoms with Crippen molar-refractivity contribution in [2.75, 3.05) is 0 Å². The fourth-order valence-electron chi connectivity index (χ4n) is 0. The van der Waals surface area contributed by atoms with Crippen molar-refractivity contribution < 1.29 is 7.56 Å². The van der Waals surface area contributed by atoms with Crippen molar-refractivity contribution >= 4 is 33.3 Å². The first-order valence-corrected chi connectivity index (χ1v) is 2.12. The molecule has 0 rings (SSSR count). The molecule has 2 nitrogen and oxygen atoms in total. The van der Waals surface area contributed by atoms with Gasteiger partial charge in [-0.3, -0.25) is 0 Å². The van der Waals surface area contributed by atoms with Crippen molar-refractivity contribution in [2.45, 2.75) is 0 Å². The van der Waals surface area contributed by atoms with Gasteiger partial charge in [0.2, 0.25) is 0 Å². The molecule has 0 bridgehead atoms. The zero-order valence-electron chi connectivity index (χ0n) is 1.76. The van der Waals surface area contributed by atoms with Crippen LogP contribution in [0.4, 0.5) is 0 Å². The average Bonchev–Trinajstić information content (AvgIpc) is 0.918. The van der Waals surface area contributed by atoms with Gasteiger partial charge in [-0.1, -0.05) is 0 Å². The summed E-state index contributed by atoms with van der Waals surface area (Å²) in [6, 6.07) is 0. The van der Waals surface area contributed by atoms with Crippen LogP contribution in [0.15, 0.2) is 0 Å². The van der Waals surface area contributed by atoms with Crippen LogP contribution in [0.3, 0.4) is 0 Å². The summed E-state index contributed by atoms with van der Waals surface area (Å²) < 4.78 is 17.0. The van der Waals surface area contributed by atoms with Gasteiger partial charge >= 0.3 is 22.9 Å². The van der Waals surface area contributed by atoms with Gasteiger partial charge in [-0.15, -0.1) is 0 Å². The van der Waals surface area contributed by atoms with E-state index in [9.17, 15) is 0 Å². The van der Waals surface area contributed by atoms with E-state index in [1.807, 2.05) is 0 Å². The SMILES string of the molecule is [As].[O]=[Ge]=[O]. The third-order valence-electron chi connectivity index (χ3n) is 0. The Morgan fingerprint density at radius 1 is 1.25 bits per heavy atom. The van der Waals surface area contributed by atoms with Crippen molar-refractivity contribution in [1.82, 2.24) is 0 Å². The topological polar surface area (TPSA) is 34.1 Å². The quantitative estimate of drug-likeness (QED) is 0.447. The van der Waals surface area contributed by atoms with Gasteiger partial charge in [0.15, 0.2) is 0 Å². The van der Waals surface area contributed by atoms with E-state index in [0.717, 1.165) is 0 Å². The second-order valence-electron chi connectivity index (χ2n) is 0.0833. The van der Waals surface area contributed by atoms with Crippen molar-refractivity contribution in [3.8, 4) is 0 Å². The van der Waals surface area contributed by atoms with Crippen molar-refractivity contribution in [2.24, 2.45) is 0 Å². The number of hydrogen-bond donors (Lipinski definition) is 0. The van der Waals surface area contributed by atoms with Crippen LogP contribution in [0.1, 0.15) is 0 Å². The van der Waals surface area contributed by atoms with Gasteiger partial charge in [-0.05, 0) is 0 Å². The average molecular weight is 180 g/mol. The monoisotopic (exact) mass is 181 g/mol. The van der Waals surface area contributed by atoms with Crippen LogP contribution in [-0.2, 0) is 7.56 Å². The number of rotatable bonds is 0. The summed E-state index contributed by atoms with van der Waals surface area (Å²) in [5.74, 6) is 0. The fourth-order valence-corrected chi connectivity index (χ4v) is 0. The molecule has 4 heteroatoms. The Morgan fingerprint density at radius 2 is 1.25 bits per heavy atom. The second-order valence-corrected chi connectivity index (χ2v) is 0.433. The molecule has 0 fully saturated rings. The molecule has 0 aliphatic heterocycles. The first kappa shape index (κ1) is 8.83. The molecule has 3 radical (unpaired) electrons. The third kappa shape index (κ3) is 15.9. The Bertz CT molecular complexity index is 27.0. The summed E-state index contributed by atoms with van der Waals surface area (Å²) >= 11 is -2.00. The molecule has 0 aromatic carbocycles. The van der Waals surface area contributed by atoms with Crippen LogP contribution in [0, 0.1) is 0 Å². The molecule has 0 aromatic rings. The zero-order chi connectivity index (χ0) is 2.71. The molecule has 4 heavy (non-hydrogen) atoms. The molecule has 0 aliphatic rings. The Hall–Kier alpha value is 0.701. The van der Waals surface area contributed by atoms with Crippen LogP contribution in [0.25, 0.3) is 0 Å². The maximum absolute atomic E-state index is 8.50. The maximum atomic E-state index is 8.50. The first-order chi connectivity index (χ1) is 1.41. The predicted octanol–water partition coefficient (Wildman–Crippen LogP) is -0.999. The van der Waals surface area contributed by atoms with Gasteiger partial charge in [0.1, 0.15) is 0 Å². The van der Waals surface area contributed by atoms with Crippen LogP contribution in [0.2, 0.25) is 0 Å². The summed E-state index contributed by atoms with van der Waals surface area (Å²) in [6.07, 6.45) is 0. The summed E-state index contributed by atoms with van der Waals surface area (Å²) in [5, 5.41) is 0. The molecule has 0 aliphatic carbocycles. The molecule has 0 spiro atoms. The molecule has 0 saturated carbocycles. The second kappa shape index (κ2) is 9.33. The third-order valence-corrected chi connectivity index (χ3v) is 0. The van der Waals surface area contributed by atoms with E-state index in [2.05, 4.69) is 0 Å². The van der Waals surface area contributed by atoms with Gasteiger partial charge in [0, 0.05) is 18.0 Å². The molecule has 21 valence electrons. The molecular weight excluding hydrogens is 180 g/mol. The fraction of sp³-hybridized carbons (Fsp3) is 0. The molecular formula is AsGeO2. The van der Waals surface area contributed by atoms with Gasteiger partial charge < -0.3 is 0 Å². The standard InChI is InChI=1S/As.GeO2/c;2-1-3. The van der Waals surface area contributed by atoms with Gasteiger partial charge in [0.05, 0.1) is 0 Å².